The zero-order valence-corrected chi connectivity index (χ0v) is 17.9. The van der Waals surface area contributed by atoms with Gasteiger partial charge in [-0.1, -0.05) is 11.6 Å². The number of hydrogen-bond donors (Lipinski definition) is 0. The number of nitrogens with zero attached hydrogens (tertiary/aromatic N) is 2. The Bertz CT molecular complexity index is 1100. The van der Waals surface area contributed by atoms with E-state index in [1.165, 1.54) is 16.4 Å². The Hall–Kier alpha value is -2.60. The zero-order valence-electron chi connectivity index (χ0n) is 16.3. The summed E-state index contributed by atoms with van der Waals surface area (Å²) in [5.41, 5.74) is 0.173. The normalized spacial score (nSPS) is 16.7. The van der Waals surface area contributed by atoms with E-state index in [4.69, 9.17) is 30.5 Å². The van der Waals surface area contributed by atoms with Crippen LogP contribution in [0.15, 0.2) is 35.2 Å². The molecule has 0 saturated carbocycles. The van der Waals surface area contributed by atoms with Crippen molar-refractivity contribution in [1.29, 1.82) is 0 Å². The number of halogens is 1. The summed E-state index contributed by atoms with van der Waals surface area (Å²) < 4.78 is 48.6. The molecule has 2 aromatic carbocycles. The Balaban J connectivity index is 1.56. The molecule has 0 aliphatic carbocycles. The lowest BCUT2D eigenvalue weighted by molar-refractivity contribution is -0.386. The van der Waals surface area contributed by atoms with Gasteiger partial charge in [-0.15, -0.1) is 0 Å². The van der Waals surface area contributed by atoms with Crippen LogP contribution in [0.2, 0.25) is 5.02 Å². The number of ether oxygens (including phenoxy) is 4. The highest BCUT2D eigenvalue weighted by Gasteiger charge is 2.29. The van der Waals surface area contributed by atoms with Crippen LogP contribution in [0.25, 0.3) is 0 Å². The van der Waals surface area contributed by atoms with Crippen molar-refractivity contribution < 1.29 is 32.3 Å². The summed E-state index contributed by atoms with van der Waals surface area (Å²) in [4.78, 5) is 10.7. The molecule has 0 N–H and O–H groups in total. The Morgan fingerprint density at radius 2 is 1.84 bits per heavy atom. The van der Waals surface area contributed by atoms with E-state index >= 15 is 0 Å². The quantitative estimate of drug-likeness (QED) is 0.467. The average Bonchev–Trinajstić information content (AvgIpc) is 2.78. The van der Waals surface area contributed by atoms with Gasteiger partial charge in [-0.3, -0.25) is 10.1 Å². The molecule has 0 bridgehead atoms. The van der Waals surface area contributed by atoms with Crippen molar-refractivity contribution in [3.63, 3.8) is 0 Å². The number of benzene rings is 2. The monoisotopic (exact) mass is 470 g/mol. The number of nitro groups is 1. The molecule has 1 fully saturated rings. The molecule has 1 saturated heterocycles. The first-order chi connectivity index (χ1) is 14.9. The number of rotatable bonds is 6. The number of sulfonamides is 1. The lowest BCUT2D eigenvalue weighted by Crippen LogP contribution is -2.40. The van der Waals surface area contributed by atoms with Gasteiger partial charge >= 0.3 is 5.69 Å². The van der Waals surface area contributed by atoms with Gasteiger partial charge in [-0.25, -0.2) is 8.42 Å². The van der Waals surface area contributed by atoms with Crippen LogP contribution in [-0.4, -0.2) is 57.2 Å². The second-order valence-corrected chi connectivity index (χ2v) is 9.14. The number of morpholine rings is 1. The molecule has 31 heavy (non-hydrogen) atoms. The van der Waals surface area contributed by atoms with Crippen molar-refractivity contribution in [2.24, 2.45) is 0 Å². The largest absolute Gasteiger partial charge is 0.486 e. The molecular weight excluding hydrogens is 452 g/mol. The minimum absolute atomic E-state index is 0.0350. The predicted molar refractivity (Wildman–Crippen MR) is 109 cm³/mol. The van der Waals surface area contributed by atoms with Crippen LogP contribution < -0.4 is 14.2 Å². The van der Waals surface area contributed by atoms with Gasteiger partial charge in [0.25, 0.3) is 0 Å². The van der Waals surface area contributed by atoms with Gasteiger partial charge in [0, 0.05) is 19.2 Å². The van der Waals surface area contributed by atoms with Crippen LogP contribution >= 0.6 is 11.6 Å². The van der Waals surface area contributed by atoms with Crippen molar-refractivity contribution in [2.75, 3.05) is 39.5 Å². The van der Waals surface area contributed by atoms with E-state index in [-0.39, 0.29) is 43.6 Å². The fourth-order valence-corrected chi connectivity index (χ4v) is 4.98. The van der Waals surface area contributed by atoms with Crippen LogP contribution in [-0.2, 0) is 21.4 Å². The Morgan fingerprint density at radius 3 is 2.58 bits per heavy atom. The molecule has 2 heterocycles. The second-order valence-electron chi connectivity index (χ2n) is 6.79. The summed E-state index contributed by atoms with van der Waals surface area (Å²) >= 11 is 6.21. The fraction of sp³-hybridized carbons (Fsp3) is 0.368. The topological polar surface area (TPSA) is 117 Å². The van der Waals surface area contributed by atoms with Crippen LogP contribution in [0.4, 0.5) is 5.69 Å². The maximum absolute atomic E-state index is 12.8. The molecule has 10 nitrogen and oxygen atoms in total. The van der Waals surface area contributed by atoms with E-state index in [1.807, 2.05) is 0 Å². The summed E-state index contributed by atoms with van der Waals surface area (Å²) in [5.74, 6) is 0.857. The highest BCUT2D eigenvalue weighted by atomic mass is 35.5. The van der Waals surface area contributed by atoms with Gasteiger partial charge < -0.3 is 18.9 Å². The molecule has 0 aromatic heterocycles. The molecule has 0 spiro atoms. The smallest absolute Gasteiger partial charge is 0.312 e. The molecule has 2 aliphatic rings. The molecule has 166 valence electrons. The third kappa shape index (κ3) is 4.54. The van der Waals surface area contributed by atoms with Gasteiger partial charge in [0.15, 0.2) is 17.2 Å². The maximum atomic E-state index is 12.8. The maximum Gasteiger partial charge on any atom is 0.312 e. The molecule has 0 unspecified atom stereocenters. The van der Waals surface area contributed by atoms with Gasteiger partial charge in [-0.2, -0.15) is 4.31 Å². The Kier molecular flexibility index (Phi) is 6.19. The van der Waals surface area contributed by atoms with Crippen LogP contribution in [0, 0.1) is 10.1 Å². The van der Waals surface area contributed by atoms with Gasteiger partial charge in [0.1, 0.15) is 19.8 Å². The minimum Gasteiger partial charge on any atom is -0.486 e. The van der Waals surface area contributed by atoms with Crippen molar-refractivity contribution in [3.05, 3.63) is 51.0 Å². The fourth-order valence-electron chi connectivity index (χ4n) is 3.27. The molecule has 12 heteroatoms. The van der Waals surface area contributed by atoms with E-state index in [0.29, 0.717) is 35.3 Å². The summed E-state index contributed by atoms with van der Waals surface area (Å²) in [6.45, 7) is 1.69. The zero-order chi connectivity index (χ0) is 22.0. The molecule has 2 aromatic rings. The van der Waals surface area contributed by atoms with Crippen LogP contribution in [0.1, 0.15) is 5.56 Å². The number of hydrogen-bond acceptors (Lipinski definition) is 8. The Morgan fingerprint density at radius 1 is 1.10 bits per heavy atom. The van der Waals surface area contributed by atoms with Crippen molar-refractivity contribution >= 4 is 27.3 Å². The van der Waals surface area contributed by atoms with Gasteiger partial charge in [-0.05, 0) is 29.8 Å². The summed E-state index contributed by atoms with van der Waals surface area (Å²) in [5, 5.41) is 11.9. The van der Waals surface area contributed by atoms with Gasteiger partial charge in [0.2, 0.25) is 10.0 Å². The SMILES string of the molecule is O=[N+]([O-])c1cc(S(=O)(=O)N2CCOCC2)ccc1OCc1cc(Cl)c2c(c1)OCCO2. The molecule has 2 aliphatic heterocycles. The van der Waals surface area contributed by atoms with Gasteiger partial charge in [0.05, 0.1) is 28.1 Å². The highest BCUT2D eigenvalue weighted by molar-refractivity contribution is 7.89. The van der Waals surface area contributed by atoms with Crippen LogP contribution in [0.5, 0.6) is 17.2 Å². The molecular formula is C19H19ClN2O8S. The molecule has 0 atom stereocenters. The first-order valence-electron chi connectivity index (χ1n) is 9.43. The van der Waals surface area contributed by atoms with E-state index in [2.05, 4.69) is 0 Å². The minimum atomic E-state index is -3.87. The first kappa shape index (κ1) is 21.6. The third-order valence-electron chi connectivity index (χ3n) is 4.79. The number of fused-ring (bicyclic) bond motifs is 1. The summed E-state index contributed by atoms with van der Waals surface area (Å²) in [7, 11) is -3.87. The van der Waals surface area contributed by atoms with Crippen molar-refractivity contribution in [3.8, 4) is 17.2 Å². The second kappa shape index (κ2) is 8.87. The van der Waals surface area contributed by atoms with E-state index < -0.39 is 20.6 Å². The van der Waals surface area contributed by atoms with Crippen molar-refractivity contribution in [1.82, 2.24) is 4.31 Å². The van der Waals surface area contributed by atoms with Crippen molar-refractivity contribution in [2.45, 2.75) is 11.5 Å². The number of nitro benzene ring substituents is 1. The Labute approximate surface area is 183 Å². The summed E-state index contributed by atoms with van der Waals surface area (Å²) in [6.07, 6.45) is 0. The van der Waals surface area contributed by atoms with E-state index in [1.54, 1.807) is 12.1 Å². The average molecular weight is 471 g/mol. The molecule has 4 rings (SSSR count). The van der Waals surface area contributed by atoms with E-state index in [9.17, 15) is 18.5 Å². The van der Waals surface area contributed by atoms with E-state index in [0.717, 1.165) is 6.07 Å². The summed E-state index contributed by atoms with van der Waals surface area (Å²) in [6, 6.07) is 6.90. The molecule has 0 radical (unpaired) electrons. The lowest BCUT2D eigenvalue weighted by Gasteiger charge is -2.26. The van der Waals surface area contributed by atoms with Crippen LogP contribution in [0.3, 0.4) is 0 Å². The predicted octanol–water partition coefficient (Wildman–Crippen LogP) is 2.62. The first-order valence-corrected chi connectivity index (χ1v) is 11.3. The third-order valence-corrected chi connectivity index (χ3v) is 6.96. The highest BCUT2D eigenvalue weighted by Crippen LogP contribution is 2.39. The molecule has 0 amide bonds. The standard InChI is InChI=1S/C19H19ClN2O8S/c20-15-9-13(10-18-19(15)29-8-7-28-18)12-30-17-2-1-14(11-16(17)22(23)24)31(25,26)21-3-5-27-6-4-21/h1-2,9-11H,3-8,12H2. The lowest BCUT2D eigenvalue weighted by atomic mass is 10.2.